The van der Waals surface area contributed by atoms with Crippen LogP contribution >= 0.6 is 0 Å². The molecule has 1 aliphatic heterocycles. The standard InChI is InChI=1S/C23H33N5O5/c1-12(2)10-26(17-18(24)27(11-13(3)4)23(33)25-19(17)29)20(30)14(5)28-21(31)15-8-6-7-9-16(15)22(28)32/h6-7,12-16H,8-11,24H2,1-5H3,(H,25,29,33)/t14-,15+,16+/m0/s1. The highest BCUT2D eigenvalue weighted by Gasteiger charge is 2.50. The molecule has 0 aromatic carbocycles. The lowest BCUT2D eigenvalue weighted by Gasteiger charge is -2.31. The molecular weight excluding hydrogens is 426 g/mol. The van der Waals surface area contributed by atoms with Crippen molar-refractivity contribution in [3.63, 3.8) is 0 Å². The summed E-state index contributed by atoms with van der Waals surface area (Å²) in [5, 5.41) is 0. The second-order valence-electron chi connectivity index (χ2n) is 9.72. The zero-order valence-corrected chi connectivity index (χ0v) is 19.8. The number of likely N-dealkylation sites (tertiary alicyclic amines) is 1. The van der Waals surface area contributed by atoms with Gasteiger partial charge in [-0.2, -0.15) is 0 Å². The number of allylic oxidation sites excluding steroid dienone is 2. The molecule has 10 nitrogen and oxygen atoms in total. The Morgan fingerprint density at radius 1 is 1.03 bits per heavy atom. The quantitative estimate of drug-likeness (QED) is 0.462. The minimum Gasteiger partial charge on any atom is -0.383 e. The molecule has 1 aromatic rings. The third kappa shape index (κ3) is 4.51. The van der Waals surface area contributed by atoms with Gasteiger partial charge in [0.15, 0.2) is 5.69 Å². The van der Waals surface area contributed by atoms with E-state index in [0.29, 0.717) is 12.8 Å². The maximum atomic E-state index is 13.7. The molecule has 0 bridgehead atoms. The summed E-state index contributed by atoms with van der Waals surface area (Å²) in [6.45, 7) is 9.40. The van der Waals surface area contributed by atoms with Crippen LogP contribution in [0.25, 0.3) is 0 Å². The van der Waals surface area contributed by atoms with Gasteiger partial charge in [-0.1, -0.05) is 39.8 Å². The highest BCUT2D eigenvalue weighted by molar-refractivity contribution is 6.10. The third-order valence-electron chi connectivity index (χ3n) is 6.13. The average Bonchev–Trinajstić information content (AvgIpc) is 2.99. The van der Waals surface area contributed by atoms with Crippen LogP contribution in [0.4, 0.5) is 11.5 Å². The summed E-state index contributed by atoms with van der Waals surface area (Å²) in [5.74, 6) is -2.36. The summed E-state index contributed by atoms with van der Waals surface area (Å²) in [7, 11) is 0. The Hall–Kier alpha value is -3.17. The van der Waals surface area contributed by atoms with Gasteiger partial charge in [-0.25, -0.2) is 4.79 Å². The maximum absolute atomic E-state index is 13.7. The molecule has 2 aliphatic rings. The van der Waals surface area contributed by atoms with Gasteiger partial charge in [0.2, 0.25) is 17.7 Å². The van der Waals surface area contributed by atoms with Gasteiger partial charge in [-0.05, 0) is 31.6 Å². The number of anilines is 2. The van der Waals surface area contributed by atoms with Crippen molar-refractivity contribution in [1.29, 1.82) is 0 Å². The van der Waals surface area contributed by atoms with Crippen LogP contribution in [-0.4, -0.2) is 44.8 Å². The SMILES string of the molecule is CC(C)CN(C(=O)[C@H](C)N1C(=O)[C@@H]2CC=CC[C@H]2C1=O)c1c(N)n(CC(C)C)c(=O)[nH]c1=O. The molecule has 3 N–H and O–H groups in total. The Labute approximate surface area is 192 Å². The first-order valence-corrected chi connectivity index (χ1v) is 11.4. The van der Waals surface area contributed by atoms with Crippen LogP contribution in [0.2, 0.25) is 0 Å². The van der Waals surface area contributed by atoms with E-state index < -0.39 is 35.0 Å². The first-order valence-electron chi connectivity index (χ1n) is 11.4. The number of fused-ring (bicyclic) bond motifs is 1. The number of carbonyl (C=O) groups is 3. The number of aromatic nitrogens is 2. The summed E-state index contributed by atoms with van der Waals surface area (Å²) in [5.41, 5.74) is 4.67. The Balaban J connectivity index is 2.03. The number of hydrogen-bond acceptors (Lipinski definition) is 6. The van der Waals surface area contributed by atoms with E-state index in [1.807, 2.05) is 39.8 Å². The van der Waals surface area contributed by atoms with Crippen LogP contribution in [0.15, 0.2) is 21.7 Å². The summed E-state index contributed by atoms with van der Waals surface area (Å²) < 4.78 is 1.24. The smallest absolute Gasteiger partial charge is 0.330 e. The van der Waals surface area contributed by atoms with Crippen molar-refractivity contribution in [3.8, 4) is 0 Å². The Bertz CT molecular complexity index is 1070. The molecule has 0 spiro atoms. The minimum atomic E-state index is -1.11. The van der Waals surface area contributed by atoms with Gasteiger partial charge in [-0.3, -0.25) is 33.6 Å². The van der Waals surface area contributed by atoms with Crippen molar-refractivity contribution in [2.24, 2.45) is 23.7 Å². The zero-order valence-electron chi connectivity index (χ0n) is 19.8. The van der Waals surface area contributed by atoms with Gasteiger partial charge < -0.3 is 10.6 Å². The number of aromatic amines is 1. The van der Waals surface area contributed by atoms with E-state index in [9.17, 15) is 24.0 Å². The second kappa shape index (κ2) is 9.36. The molecule has 180 valence electrons. The number of amides is 3. The molecule has 3 amide bonds. The molecule has 1 aromatic heterocycles. The molecule has 10 heteroatoms. The second-order valence-corrected chi connectivity index (χ2v) is 9.72. The van der Waals surface area contributed by atoms with E-state index >= 15 is 0 Å². The molecule has 0 saturated carbocycles. The number of carbonyl (C=O) groups excluding carboxylic acids is 3. The van der Waals surface area contributed by atoms with Crippen LogP contribution in [0.1, 0.15) is 47.5 Å². The van der Waals surface area contributed by atoms with Gasteiger partial charge in [0.05, 0.1) is 11.8 Å². The van der Waals surface area contributed by atoms with Gasteiger partial charge in [0.1, 0.15) is 11.9 Å². The number of nitrogens with two attached hydrogens (primary N) is 1. The molecule has 0 radical (unpaired) electrons. The average molecular weight is 460 g/mol. The van der Waals surface area contributed by atoms with Crippen molar-refractivity contribution in [2.45, 2.75) is 60.0 Å². The highest BCUT2D eigenvalue weighted by Crippen LogP contribution is 2.36. The van der Waals surface area contributed by atoms with Crippen molar-refractivity contribution in [3.05, 3.63) is 33.0 Å². The summed E-state index contributed by atoms with van der Waals surface area (Å²) >= 11 is 0. The topological polar surface area (TPSA) is 139 Å². The van der Waals surface area contributed by atoms with Crippen molar-refractivity contribution in [2.75, 3.05) is 17.2 Å². The lowest BCUT2D eigenvalue weighted by atomic mass is 9.85. The first kappa shape index (κ1) is 24.5. The lowest BCUT2D eigenvalue weighted by molar-refractivity contribution is -0.146. The summed E-state index contributed by atoms with van der Waals surface area (Å²) in [6.07, 6.45) is 4.70. The molecule has 3 rings (SSSR count). The fraction of sp³-hybridized carbons (Fsp3) is 0.609. The number of hydrogen-bond donors (Lipinski definition) is 2. The van der Waals surface area contributed by atoms with E-state index in [-0.39, 0.29) is 48.2 Å². The normalized spacial score (nSPS) is 21.1. The summed E-state index contributed by atoms with van der Waals surface area (Å²) in [6, 6.07) is -1.11. The van der Waals surface area contributed by atoms with Gasteiger partial charge in [0, 0.05) is 13.1 Å². The van der Waals surface area contributed by atoms with E-state index in [1.54, 1.807) is 0 Å². The number of rotatable bonds is 7. The molecule has 33 heavy (non-hydrogen) atoms. The highest BCUT2D eigenvalue weighted by atomic mass is 16.2. The van der Waals surface area contributed by atoms with Crippen LogP contribution in [-0.2, 0) is 20.9 Å². The minimum absolute atomic E-state index is 0.0535. The van der Waals surface area contributed by atoms with Crippen LogP contribution < -0.4 is 21.9 Å². The Morgan fingerprint density at radius 2 is 1.58 bits per heavy atom. The molecule has 2 heterocycles. The predicted molar refractivity (Wildman–Crippen MR) is 124 cm³/mol. The number of nitrogens with zero attached hydrogens (tertiary/aromatic N) is 3. The van der Waals surface area contributed by atoms with E-state index in [2.05, 4.69) is 4.98 Å². The van der Waals surface area contributed by atoms with Crippen LogP contribution in [0.3, 0.4) is 0 Å². The third-order valence-corrected chi connectivity index (χ3v) is 6.13. The molecular formula is C23H33N5O5. The monoisotopic (exact) mass is 459 g/mol. The molecule has 1 fully saturated rings. The van der Waals surface area contributed by atoms with Crippen molar-refractivity contribution < 1.29 is 14.4 Å². The number of nitrogen functional groups attached to an aromatic ring is 1. The fourth-order valence-electron chi connectivity index (χ4n) is 4.58. The van der Waals surface area contributed by atoms with Crippen LogP contribution in [0, 0.1) is 23.7 Å². The van der Waals surface area contributed by atoms with Crippen molar-refractivity contribution >= 4 is 29.2 Å². The van der Waals surface area contributed by atoms with E-state index in [4.69, 9.17) is 5.73 Å². The molecule has 3 atom stereocenters. The number of nitrogens with one attached hydrogen (secondary N) is 1. The van der Waals surface area contributed by atoms with Gasteiger partial charge in [-0.15, -0.1) is 0 Å². The zero-order chi connectivity index (χ0) is 24.6. The van der Waals surface area contributed by atoms with Crippen LogP contribution in [0.5, 0.6) is 0 Å². The largest absolute Gasteiger partial charge is 0.383 e. The summed E-state index contributed by atoms with van der Waals surface area (Å²) in [4.78, 5) is 69.3. The van der Waals surface area contributed by atoms with Gasteiger partial charge in [0.25, 0.3) is 5.56 Å². The Morgan fingerprint density at radius 3 is 2.06 bits per heavy atom. The molecule has 1 aliphatic carbocycles. The lowest BCUT2D eigenvalue weighted by Crippen LogP contribution is -2.52. The molecule has 1 saturated heterocycles. The predicted octanol–water partition coefficient (Wildman–Crippen LogP) is 1.10. The number of H-pyrrole nitrogens is 1. The Kier molecular flexibility index (Phi) is 6.94. The molecule has 0 unspecified atom stereocenters. The maximum Gasteiger partial charge on any atom is 0.330 e. The van der Waals surface area contributed by atoms with E-state index in [1.165, 1.54) is 16.4 Å². The van der Waals surface area contributed by atoms with E-state index in [0.717, 1.165) is 4.90 Å². The number of imide groups is 1. The van der Waals surface area contributed by atoms with Gasteiger partial charge >= 0.3 is 5.69 Å². The fourth-order valence-corrected chi connectivity index (χ4v) is 4.58. The van der Waals surface area contributed by atoms with Crippen molar-refractivity contribution in [1.82, 2.24) is 14.5 Å². The first-order chi connectivity index (χ1) is 15.5.